The molecule has 0 saturated carbocycles. The van der Waals surface area contributed by atoms with Gasteiger partial charge in [-0.1, -0.05) is 35.4 Å². The molecule has 0 bridgehead atoms. The number of esters is 2. The number of ether oxygens (including phenoxy) is 4. The first-order valence-corrected chi connectivity index (χ1v) is 11.5. The summed E-state index contributed by atoms with van der Waals surface area (Å²) in [5, 5.41) is 2.77. The molecule has 0 aliphatic rings. The lowest BCUT2D eigenvalue weighted by molar-refractivity contribution is -0.148. The predicted molar refractivity (Wildman–Crippen MR) is 136 cm³/mol. The van der Waals surface area contributed by atoms with Crippen LogP contribution in [0.2, 0.25) is 0 Å². The van der Waals surface area contributed by atoms with Crippen molar-refractivity contribution in [2.45, 2.75) is 26.1 Å². The quantitative estimate of drug-likeness (QED) is 0.171. The Kier molecular flexibility index (Phi) is 11.9. The molecule has 0 radical (unpaired) electrons. The van der Waals surface area contributed by atoms with Gasteiger partial charge in [-0.2, -0.15) is 0 Å². The molecule has 2 rings (SSSR count). The highest BCUT2D eigenvalue weighted by Gasteiger charge is 2.18. The van der Waals surface area contributed by atoms with Crippen molar-refractivity contribution in [2.75, 3.05) is 40.4 Å². The second-order valence-electron chi connectivity index (χ2n) is 8.58. The summed E-state index contributed by atoms with van der Waals surface area (Å²) in [4.78, 5) is 24.6. The Morgan fingerprint density at radius 3 is 1.36 bits per heavy atom. The molecule has 2 aromatic rings. The summed E-state index contributed by atoms with van der Waals surface area (Å²) < 4.78 is 22.2. The van der Waals surface area contributed by atoms with E-state index in [4.69, 9.17) is 30.6 Å². The number of nitrogens with two attached hydrogens (primary N) is 2. The standard InChI is InChI=1S/C26H36N4O6/c1-19-5-9-21(10-6-19)33-17-23(15-29(3)27)35-25(31)13-14-26(32)36-24(16-30(4)28)18-34-22-11-7-20(2)8-12-22/h5-14,23-24H,15-18,27-28H2,1-4H3/b14-13+. The van der Waals surface area contributed by atoms with Gasteiger partial charge in [0.05, 0.1) is 13.1 Å². The maximum Gasteiger partial charge on any atom is 0.331 e. The Labute approximate surface area is 212 Å². The number of hydrazine groups is 2. The van der Waals surface area contributed by atoms with E-state index in [0.717, 1.165) is 23.3 Å². The van der Waals surface area contributed by atoms with Crippen molar-refractivity contribution in [1.29, 1.82) is 0 Å². The predicted octanol–water partition coefficient (Wildman–Crippen LogP) is 1.75. The molecule has 0 aliphatic carbocycles. The molecule has 0 aromatic heterocycles. The smallest absolute Gasteiger partial charge is 0.331 e. The first-order chi connectivity index (χ1) is 17.1. The fourth-order valence-electron chi connectivity index (χ4n) is 3.08. The highest BCUT2D eigenvalue weighted by molar-refractivity contribution is 5.91. The summed E-state index contributed by atoms with van der Waals surface area (Å²) in [5.41, 5.74) is 2.21. The third kappa shape index (κ3) is 11.8. The van der Waals surface area contributed by atoms with Crippen LogP contribution >= 0.6 is 0 Å². The van der Waals surface area contributed by atoms with Crippen LogP contribution in [0.3, 0.4) is 0 Å². The molecule has 0 aliphatic heterocycles. The number of nitrogens with zero attached hydrogens (tertiary/aromatic N) is 2. The second-order valence-corrected chi connectivity index (χ2v) is 8.58. The SMILES string of the molecule is Cc1ccc(OCC(CN(C)N)OC(=O)/C=C/C(=O)OC(COc2ccc(C)cc2)CN(C)N)cc1. The number of likely N-dealkylation sites (N-methyl/N-ethyl adjacent to an activating group) is 2. The Morgan fingerprint density at radius 1 is 0.722 bits per heavy atom. The average Bonchev–Trinajstić information content (AvgIpc) is 2.81. The van der Waals surface area contributed by atoms with Gasteiger partial charge in [-0.3, -0.25) is 11.7 Å². The Balaban J connectivity index is 1.88. The van der Waals surface area contributed by atoms with Gasteiger partial charge in [0.2, 0.25) is 0 Å². The first kappa shape index (κ1) is 28.8. The molecule has 0 spiro atoms. The molecule has 0 fully saturated rings. The van der Waals surface area contributed by atoms with E-state index in [2.05, 4.69) is 0 Å². The zero-order chi connectivity index (χ0) is 26.5. The number of carbonyl (C=O) groups excluding carboxylic acids is 2. The molecule has 0 saturated heterocycles. The molecular weight excluding hydrogens is 464 g/mol. The maximum absolute atomic E-state index is 12.3. The lowest BCUT2D eigenvalue weighted by Gasteiger charge is -2.21. The molecule has 196 valence electrons. The second kappa shape index (κ2) is 14.8. The lowest BCUT2D eigenvalue weighted by Crippen LogP contribution is -2.40. The Hall–Kier alpha value is -3.44. The van der Waals surface area contributed by atoms with Crippen LogP contribution in [0.4, 0.5) is 0 Å². The molecule has 2 atom stereocenters. The van der Waals surface area contributed by atoms with Crippen molar-refractivity contribution in [1.82, 2.24) is 10.0 Å². The minimum absolute atomic E-state index is 0.0931. The molecule has 0 heterocycles. The van der Waals surface area contributed by atoms with Gasteiger partial charge in [0.25, 0.3) is 0 Å². The van der Waals surface area contributed by atoms with E-state index in [1.165, 1.54) is 10.0 Å². The van der Waals surface area contributed by atoms with E-state index in [9.17, 15) is 9.59 Å². The van der Waals surface area contributed by atoms with E-state index in [0.29, 0.717) is 11.5 Å². The van der Waals surface area contributed by atoms with E-state index >= 15 is 0 Å². The van der Waals surface area contributed by atoms with Gasteiger partial charge >= 0.3 is 11.9 Å². The summed E-state index contributed by atoms with van der Waals surface area (Å²) >= 11 is 0. The molecule has 2 unspecified atom stereocenters. The van der Waals surface area contributed by atoms with E-state index in [1.807, 2.05) is 62.4 Å². The number of hydrogen-bond donors (Lipinski definition) is 2. The van der Waals surface area contributed by atoms with Gasteiger partial charge in [-0.05, 0) is 38.1 Å². The minimum atomic E-state index is -0.727. The van der Waals surface area contributed by atoms with Crippen molar-refractivity contribution < 1.29 is 28.5 Å². The van der Waals surface area contributed by atoms with E-state index in [1.54, 1.807) is 14.1 Å². The van der Waals surface area contributed by atoms with Gasteiger partial charge in [-0.25, -0.2) is 19.6 Å². The third-order valence-corrected chi connectivity index (χ3v) is 4.82. The summed E-state index contributed by atoms with van der Waals surface area (Å²) in [6, 6.07) is 15.0. The zero-order valence-electron chi connectivity index (χ0n) is 21.3. The number of carbonyl (C=O) groups is 2. The number of aryl methyl sites for hydroxylation is 2. The van der Waals surface area contributed by atoms with Crippen LogP contribution in [-0.2, 0) is 19.1 Å². The summed E-state index contributed by atoms with van der Waals surface area (Å²) in [7, 11) is 3.29. The fraction of sp³-hybridized carbons (Fsp3) is 0.385. The van der Waals surface area contributed by atoms with Crippen LogP contribution in [0, 0.1) is 13.8 Å². The van der Waals surface area contributed by atoms with Crippen LogP contribution in [0.25, 0.3) is 0 Å². The van der Waals surface area contributed by atoms with Crippen LogP contribution in [0.5, 0.6) is 11.5 Å². The summed E-state index contributed by atoms with van der Waals surface area (Å²) in [5.74, 6) is 11.3. The summed E-state index contributed by atoms with van der Waals surface area (Å²) in [6.07, 6.45) is 0.691. The van der Waals surface area contributed by atoms with Gasteiger partial charge in [0.15, 0.2) is 0 Å². The van der Waals surface area contributed by atoms with Gasteiger partial charge < -0.3 is 18.9 Å². The van der Waals surface area contributed by atoms with E-state index < -0.39 is 24.1 Å². The van der Waals surface area contributed by atoms with Crippen LogP contribution in [-0.4, -0.2) is 74.6 Å². The third-order valence-electron chi connectivity index (χ3n) is 4.82. The number of benzene rings is 2. The number of hydrogen-bond acceptors (Lipinski definition) is 10. The van der Waals surface area contributed by atoms with Crippen molar-refractivity contribution in [2.24, 2.45) is 11.7 Å². The zero-order valence-corrected chi connectivity index (χ0v) is 21.3. The molecule has 4 N–H and O–H groups in total. The monoisotopic (exact) mass is 500 g/mol. The van der Waals surface area contributed by atoms with Gasteiger partial charge in [-0.15, -0.1) is 0 Å². The number of rotatable bonds is 14. The minimum Gasteiger partial charge on any atom is -0.490 e. The Bertz CT molecular complexity index is 897. The van der Waals surface area contributed by atoms with Crippen molar-refractivity contribution >= 4 is 11.9 Å². The highest BCUT2D eigenvalue weighted by atomic mass is 16.6. The summed E-state index contributed by atoms with van der Waals surface area (Å²) in [6.45, 7) is 4.60. The molecule has 10 heteroatoms. The lowest BCUT2D eigenvalue weighted by atomic mass is 10.2. The van der Waals surface area contributed by atoms with Crippen LogP contribution in [0.1, 0.15) is 11.1 Å². The van der Waals surface area contributed by atoms with Crippen molar-refractivity contribution in [3.05, 3.63) is 71.8 Å². The van der Waals surface area contributed by atoms with E-state index in [-0.39, 0.29) is 26.3 Å². The maximum atomic E-state index is 12.3. The fourth-order valence-corrected chi connectivity index (χ4v) is 3.08. The first-order valence-electron chi connectivity index (χ1n) is 11.5. The molecular formula is C26H36N4O6. The molecule has 2 aromatic carbocycles. The van der Waals surface area contributed by atoms with Crippen molar-refractivity contribution in [3.8, 4) is 11.5 Å². The van der Waals surface area contributed by atoms with Gasteiger partial charge in [0, 0.05) is 26.2 Å². The van der Waals surface area contributed by atoms with Crippen LogP contribution in [0.15, 0.2) is 60.7 Å². The topological polar surface area (TPSA) is 130 Å². The van der Waals surface area contributed by atoms with Crippen molar-refractivity contribution in [3.63, 3.8) is 0 Å². The Morgan fingerprint density at radius 2 is 1.06 bits per heavy atom. The normalized spacial score (nSPS) is 13.0. The largest absolute Gasteiger partial charge is 0.490 e. The molecule has 36 heavy (non-hydrogen) atoms. The molecule has 10 nitrogen and oxygen atoms in total. The van der Waals surface area contributed by atoms with Gasteiger partial charge in [0.1, 0.15) is 36.9 Å². The average molecular weight is 501 g/mol. The van der Waals surface area contributed by atoms with Crippen LogP contribution < -0.4 is 21.2 Å². The highest BCUT2D eigenvalue weighted by Crippen LogP contribution is 2.13. The molecule has 0 amide bonds.